The summed E-state index contributed by atoms with van der Waals surface area (Å²) in [4.78, 5) is 43.0. The lowest BCUT2D eigenvalue weighted by Crippen LogP contribution is -2.65. The quantitative estimate of drug-likeness (QED) is 0.275. The predicted molar refractivity (Wildman–Crippen MR) is 143 cm³/mol. The smallest absolute Gasteiger partial charge is 0.255 e. The third-order valence-electron chi connectivity index (χ3n) is 8.81. The second-order valence-corrected chi connectivity index (χ2v) is 11.2. The van der Waals surface area contributed by atoms with Crippen molar-refractivity contribution in [1.82, 2.24) is 9.80 Å². The number of carbonyl (C=O) groups is 3. The Kier molecular flexibility index (Phi) is 6.69. The molecule has 2 unspecified atom stereocenters. The number of nitrogens with two attached hydrogens (primary N) is 1. The highest BCUT2D eigenvalue weighted by Gasteiger charge is 2.64. The molecule has 1 amide bonds. The Hall–Kier alpha value is -3.47. The van der Waals surface area contributed by atoms with Crippen LogP contribution in [0.15, 0.2) is 35.1 Å². The number of likely N-dealkylation sites (N-methyl/N-ethyl adjacent to an activating group) is 1. The van der Waals surface area contributed by atoms with Gasteiger partial charge in [0.25, 0.3) is 5.91 Å². The van der Waals surface area contributed by atoms with Crippen LogP contribution in [0.4, 0.5) is 0 Å². The molecular weight excluding hydrogens is 502 g/mol. The number of phenolic OH excluding ortho intramolecular Hbond substituents is 1. The molecule has 1 aromatic carbocycles. The minimum atomic E-state index is -2.63. The van der Waals surface area contributed by atoms with Gasteiger partial charge in [0.15, 0.2) is 11.4 Å². The number of phenols is 1. The summed E-state index contributed by atoms with van der Waals surface area (Å²) in [5.41, 5.74) is 4.26. The van der Waals surface area contributed by atoms with E-state index in [1.165, 1.54) is 4.90 Å². The molecule has 0 saturated heterocycles. The molecule has 208 valence electrons. The Labute approximate surface area is 226 Å². The number of benzene rings is 1. The van der Waals surface area contributed by atoms with Gasteiger partial charge in [0.2, 0.25) is 5.78 Å². The number of aliphatic hydroxyl groups excluding tert-OH is 2. The summed E-state index contributed by atoms with van der Waals surface area (Å²) in [6, 6.07) is 0.856. The van der Waals surface area contributed by atoms with E-state index in [2.05, 4.69) is 17.1 Å². The van der Waals surface area contributed by atoms with Crippen LogP contribution in [-0.4, -0.2) is 86.5 Å². The molecule has 0 aromatic heterocycles. The monoisotopic (exact) mass is 537 g/mol. The second-order valence-electron chi connectivity index (χ2n) is 11.2. The molecule has 3 aliphatic carbocycles. The van der Waals surface area contributed by atoms with E-state index < -0.39 is 58.0 Å². The first-order valence-electron chi connectivity index (χ1n) is 13.3. The molecule has 1 aromatic rings. The Bertz CT molecular complexity index is 1380. The van der Waals surface area contributed by atoms with Gasteiger partial charge in [-0.2, -0.15) is 0 Å². The minimum absolute atomic E-state index is 0.0809. The average molecular weight is 538 g/mol. The summed E-state index contributed by atoms with van der Waals surface area (Å²) in [7, 11) is 3.17. The number of amides is 1. The van der Waals surface area contributed by atoms with Crippen LogP contribution in [0.5, 0.6) is 5.75 Å². The van der Waals surface area contributed by atoms with E-state index in [1.54, 1.807) is 14.1 Å². The maximum Gasteiger partial charge on any atom is 0.255 e. The lowest BCUT2D eigenvalue weighted by atomic mass is 9.57. The van der Waals surface area contributed by atoms with E-state index >= 15 is 0 Å². The lowest BCUT2D eigenvalue weighted by Gasteiger charge is -2.50. The van der Waals surface area contributed by atoms with Crippen LogP contribution in [0.1, 0.15) is 42.0 Å². The largest absolute Gasteiger partial charge is 0.508 e. The van der Waals surface area contributed by atoms with E-state index in [1.807, 2.05) is 13.0 Å². The number of ketones is 2. The molecule has 5 rings (SSSR count). The molecule has 0 bridgehead atoms. The maximum atomic E-state index is 14.0. The SMILES string of the molecule is CCc1cc(CN2CC=CCC2)c(O)c2c1CC1CC3[C@H](N(C)C)C(=O)C(C(N)=O)=C(O)[C@@]3(O)C(=O)C1=C2O. The van der Waals surface area contributed by atoms with Crippen molar-refractivity contribution in [2.75, 3.05) is 27.2 Å². The number of nitrogens with zero attached hydrogens (tertiary/aromatic N) is 2. The van der Waals surface area contributed by atoms with E-state index in [0.717, 1.165) is 30.6 Å². The fourth-order valence-corrected chi connectivity index (χ4v) is 6.96. The minimum Gasteiger partial charge on any atom is -0.508 e. The average Bonchev–Trinajstić information content (AvgIpc) is 2.88. The van der Waals surface area contributed by atoms with Gasteiger partial charge in [0.1, 0.15) is 22.8 Å². The van der Waals surface area contributed by atoms with Crippen molar-refractivity contribution in [3.63, 3.8) is 0 Å². The standard InChI is InChI=1S/C29H35N3O7/c1-4-14-10-16(13-32-8-6-5-7-9-32)23(33)20-17(14)11-15-12-18-22(31(2)3)25(35)21(28(30)38)27(37)29(18,39)26(36)19(15)24(20)34/h5-6,10,15,18,22,33-34,37,39H,4,7-9,11-13H2,1-3H3,(H2,30,38)/t15?,18?,22-,29-/m0/s1. The molecule has 1 heterocycles. The molecule has 10 heteroatoms. The highest BCUT2D eigenvalue weighted by atomic mass is 16.3. The second kappa shape index (κ2) is 9.62. The van der Waals surface area contributed by atoms with Crippen LogP contribution in [0, 0.1) is 11.8 Å². The van der Waals surface area contributed by atoms with Gasteiger partial charge >= 0.3 is 0 Å². The van der Waals surface area contributed by atoms with Gasteiger partial charge in [-0.25, -0.2) is 0 Å². The molecule has 0 spiro atoms. The van der Waals surface area contributed by atoms with Gasteiger partial charge in [-0.3, -0.25) is 24.2 Å². The van der Waals surface area contributed by atoms with Gasteiger partial charge in [0.05, 0.1) is 11.6 Å². The Morgan fingerprint density at radius 1 is 1.18 bits per heavy atom. The van der Waals surface area contributed by atoms with Gasteiger partial charge in [-0.1, -0.05) is 25.1 Å². The molecule has 39 heavy (non-hydrogen) atoms. The van der Waals surface area contributed by atoms with Crippen molar-refractivity contribution in [2.45, 2.75) is 50.8 Å². The predicted octanol–water partition coefficient (Wildman–Crippen LogP) is 1.29. The highest BCUT2D eigenvalue weighted by Crippen LogP contribution is 2.53. The fraction of sp³-hybridized carbons (Fsp3) is 0.483. The van der Waals surface area contributed by atoms with Gasteiger partial charge in [-0.15, -0.1) is 0 Å². The summed E-state index contributed by atoms with van der Waals surface area (Å²) < 4.78 is 0. The fourth-order valence-electron chi connectivity index (χ4n) is 6.96. The maximum absolute atomic E-state index is 14.0. The van der Waals surface area contributed by atoms with Crippen molar-refractivity contribution in [2.24, 2.45) is 17.6 Å². The Morgan fingerprint density at radius 3 is 2.49 bits per heavy atom. The Balaban J connectivity index is 1.68. The lowest BCUT2D eigenvalue weighted by molar-refractivity contribution is -0.153. The van der Waals surface area contributed by atoms with Crippen molar-refractivity contribution in [1.29, 1.82) is 0 Å². The molecule has 0 radical (unpaired) electrons. The Morgan fingerprint density at radius 2 is 1.90 bits per heavy atom. The number of hydrogen-bond donors (Lipinski definition) is 5. The topological polar surface area (TPSA) is 165 Å². The highest BCUT2D eigenvalue weighted by molar-refractivity contribution is 6.24. The summed E-state index contributed by atoms with van der Waals surface area (Å²) in [5, 5.41) is 45.6. The number of rotatable bonds is 5. The number of Topliss-reactive ketones (excluding diaryl/α,β-unsaturated/α-hetero) is 2. The van der Waals surface area contributed by atoms with E-state index in [9.17, 15) is 34.8 Å². The van der Waals surface area contributed by atoms with E-state index in [0.29, 0.717) is 24.9 Å². The zero-order chi connectivity index (χ0) is 28.4. The van der Waals surface area contributed by atoms with Crippen LogP contribution >= 0.6 is 0 Å². The first kappa shape index (κ1) is 27.1. The molecule has 1 aliphatic heterocycles. The number of aryl methyl sites for hydroxylation is 1. The number of aliphatic hydroxyl groups is 3. The first-order chi connectivity index (χ1) is 18.4. The zero-order valence-corrected chi connectivity index (χ0v) is 22.4. The van der Waals surface area contributed by atoms with Crippen molar-refractivity contribution in [3.05, 3.63) is 57.4 Å². The number of carbonyl (C=O) groups excluding carboxylic acids is 3. The third kappa shape index (κ3) is 3.92. The third-order valence-corrected chi connectivity index (χ3v) is 8.81. The molecule has 4 atom stereocenters. The van der Waals surface area contributed by atoms with Crippen LogP contribution in [0.2, 0.25) is 0 Å². The van der Waals surface area contributed by atoms with Gasteiger partial charge in [-0.05, 0) is 56.8 Å². The number of hydrogen-bond acceptors (Lipinski definition) is 9. The zero-order valence-electron chi connectivity index (χ0n) is 22.4. The summed E-state index contributed by atoms with van der Waals surface area (Å²) >= 11 is 0. The van der Waals surface area contributed by atoms with E-state index in [-0.39, 0.29) is 23.3 Å². The van der Waals surface area contributed by atoms with Crippen molar-refractivity contribution < 1.29 is 34.8 Å². The summed E-state index contributed by atoms with van der Waals surface area (Å²) in [6.07, 6.45) is 6.10. The molecule has 10 nitrogen and oxygen atoms in total. The number of primary amides is 1. The van der Waals surface area contributed by atoms with Crippen LogP contribution in [-0.2, 0) is 33.8 Å². The molecule has 4 aliphatic rings. The van der Waals surface area contributed by atoms with Crippen LogP contribution in [0.3, 0.4) is 0 Å². The van der Waals surface area contributed by atoms with Crippen molar-refractivity contribution >= 4 is 23.2 Å². The van der Waals surface area contributed by atoms with Crippen LogP contribution in [0.25, 0.3) is 5.76 Å². The molecule has 6 N–H and O–H groups in total. The summed E-state index contributed by atoms with van der Waals surface area (Å²) in [5.74, 6) is -6.30. The molecule has 1 fully saturated rings. The first-order valence-corrected chi connectivity index (χ1v) is 13.3. The summed E-state index contributed by atoms with van der Waals surface area (Å²) in [6.45, 7) is 4.01. The van der Waals surface area contributed by atoms with Gasteiger partial charge in [0, 0.05) is 36.7 Å². The number of aromatic hydroxyl groups is 1. The molecular formula is C29H35N3O7. The van der Waals surface area contributed by atoms with Crippen molar-refractivity contribution in [3.8, 4) is 5.75 Å². The van der Waals surface area contributed by atoms with Gasteiger partial charge < -0.3 is 26.2 Å². The normalized spacial score (nSPS) is 29.0. The number of fused-ring (bicyclic) bond motifs is 3. The van der Waals surface area contributed by atoms with Crippen LogP contribution < -0.4 is 5.73 Å². The molecule has 1 saturated carbocycles. The van der Waals surface area contributed by atoms with E-state index in [4.69, 9.17) is 5.73 Å².